The molecule has 1 unspecified atom stereocenters. The summed E-state index contributed by atoms with van der Waals surface area (Å²) in [7, 11) is 2.98. The Kier molecular flexibility index (Phi) is 4.73. The van der Waals surface area contributed by atoms with Crippen molar-refractivity contribution in [3.63, 3.8) is 0 Å². The second kappa shape index (κ2) is 6.55. The number of carbonyl (C=O) groups excluding carboxylic acids is 1. The number of nitrogens with zero attached hydrogens (tertiary/aromatic N) is 2. The zero-order valence-electron chi connectivity index (χ0n) is 13.5. The molecule has 8 nitrogen and oxygen atoms in total. The van der Waals surface area contributed by atoms with E-state index in [4.69, 9.17) is 9.47 Å². The van der Waals surface area contributed by atoms with Crippen LogP contribution in [0.5, 0.6) is 11.5 Å². The number of hydrogen-bond donors (Lipinski definition) is 1. The molecule has 1 N–H and O–H groups in total. The molecule has 0 fully saturated rings. The van der Waals surface area contributed by atoms with Crippen molar-refractivity contribution in [2.45, 2.75) is 19.9 Å². The largest absolute Gasteiger partial charge is 0.493 e. The third kappa shape index (κ3) is 3.05. The number of ether oxygens (including phenoxy) is 2. The first kappa shape index (κ1) is 16.6. The third-order valence-electron chi connectivity index (χ3n) is 3.74. The number of amides is 2. The Morgan fingerprint density at radius 2 is 2.09 bits per heavy atom. The van der Waals surface area contributed by atoms with Gasteiger partial charge in [0.1, 0.15) is 6.04 Å². The molecular weight excluding hydrogens is 302 g/mol. The quantitative estimate of drug-likeness (QED) is 0.663. The van der Waals surface area contributed by atoms with E-state index in [1.165, 1.54) is 19.1 Å². The van der Waals surface area contributed by atoms with Gasteiger partial charge < -0.3 is 14.8 Å². The summed E-state index contributed by atoms with van der Waals surface area (Å²) in [6, 6.07) is 3.75. The van der Waals surface area contributed by atoms with Gasteiger partial charge in [0.2, 0.25) is 0 Å². The molecule has 0 bridgehead atoms. The van der Waals surface area contributed by atoms with E-state index in [0.717, 1.165) is 0 Å². The van der Waals surface area contributed by atoms with Gasteiger partial charge in [0.25, 0.3) is 5.70 Å². The number of methoxy groups -OCH3 is 1. The first-order valence-corrected chi connectivity index (χ1v) is 7.10. The van der Waals surface area contributed by atoms with Crippen LogP contribution in [0.25, 0.3) is 0 Å². The standard InChI is InChI=1S/C15H19N3O5/c1-5-23-11-7-6-10(8-12(11)22-4)13-14(18(20)21)9(2)17(3)15(19)16-13/h6-8,13H,5H2,1-4H3,(H,16,19). The van der Waals surface area contributed by atoms with Gasteiger partial charge in [-0.25, -0.2) is 4.79 Å². The second-order valence-corrected chi connectivity index (χ2v) is 5.01. The number of nitro groups is 1. The van der Waals surface area contributed by atoms with Gasteiger partial charge in [-0.3, -0.25) is 15.0 Å². The first-order chi connectivity index (χ1) is 10.9. The lowest BCUT2D eigenvalue weighted by Crippen LogP contribution is -2.45. The molecule has 124 valence electrons. The van der Waals surface area contributed by atoms with Crippen LogP contribution in [0.2, 0.25) is 0 Å². The van der Waals surface area contributed by atoms with Crippen molar-refractivity contribution in [2.75, 3.05) is 20.8 Å². The molecule has 1 aliphatic heterocycles. The predicted molar refractivity (Wildman–Crippen MR) is 82.9 cm³/mol. The molecule has 0 saturated heterocycles. The normalized spacial score (nSPS) is 17.8. The molecule has 2 amide bonds. The van der Waals surface area contributed by atoms with Crippen LogP contribution in [0.4, 0.5) is 4.79 Å². The summed E-state index contributed by atoms with van der Waals surface area (Å²) >= 11 is 0. The molecule has 23 heavy (non-hydrogen) atoms. The van der Waals surface area contributed by atoms with Gasteiger partial charge >= 0.3 is 6.03 Å². The molecule has 0 aromatic heterocycles. The minimum absolute atomic E-state index is 0.0710. The monoisotopic (exact) mass is 321 g/mol. The summed E-state index contributed by atoms with van der Waals surface area (Å²) in [6.07, 6.45) is 0. The van der Waals surface area contributed by atoms with E-state index in [-0.39, 0.29) is 5.70 Å². The summed E-state index contributed by atoms with van der Waals surface area (Å²) < 4.78 is 10.7. The average molecular weight is 321 g/mol. The van der Waals surface area contributed by atoms with Gasteiger partial charge in [0.05, 0.1) is 24.3 Å². The molecule has 1 atom stereocenters. The Bertz CT molecular complexity index is 671. The van der Waals surface area contributed by atoms with Crippen molar-refractivity contribution in [3.05, 3.63) is 45.3 Å². The Hall–Kier alpha value is -2.77. The number of benzene rings is 1. The fraction of sp³-hybridized carbons (Fsp3) is 0.400. The highest BCUT2D eigenvalue weighted by Gasteiger charge is 2.38. The number of urea groups is 1. The van der Waals surface area contributed by atoms with Crippen LogP contribution < -0.4 is 14.8 Å². The molecule has 8 heteroatoms. The van der Waals surface area contributed by atoms with Crippen LogP contribution in [0, 0.1) is 10.1 Å². The molecule has 1 heterocycles. The minimum atomic E-state index is -0.849. The van der Waals surface area contributed by atoms with Crippen LogP contribution in [0.15, 0.2) is 29.6 Å². The third-order valence-corrected chi connectivity index (χ3v) is 3.74. The number of nitrogens with one attached hydrogen (secondary N) is 1. The number of rotatable bonds is 5. The maximum absolute atomic E-state index is 12.0. The Morgan fingerprint density at radius 3 is 2.65 bits per heavy atom. The lowest BCUT2D eigenvalue weighted by atomic mass is 10.00. The van der Waals surface area contributed by atoms with Crippen molar-refractivity contribution < 1.29 is 19.2 Å². The van der Waals surface area contributed by atoms with Gasteiger partial charge in [0, 0.05) is 7.05 Å². The van der Waals surface area contributed by atoms with Crippen LogP contribution in [-0.2, 0) is 0 Å². The number of hydrogen-bond acceptors (Lipinski definition) is 5. The van der Waals surface area contributed by atoms with Crippen LogP contribution >= 0.6 is 0 Å². The topological polar surface area (TPSA) is 93.9 Å². The van der Waals surface area contributed by atoms with E-state index in [2.05, 4.69) is 5.32 Å². The van der Waals surface area contributed by atoms with Gasteiger partial charge in [-0.15, -0.1) is 0 Å². The van der Waals surface area contributed by atoms with E-state index < -0.39 is 17.0 Å². The van der Waals surface area contributed by atoms with Gasteiger partial charge in [0.15, 0.2) is 11.5 Å². The maximum Gasteiger partial charge on any atom is 0.322 e. The van der Waals surface area contributed by atoms with Gasteiger partial charge in [-0.05, 0) is 31.5 Å². The Balaban J connectivity index is 2.51. The predicted octanol–water partition coefficient (Wildman–Crippen LogP) is 2.30. The molecule has 1 aliphatic rings. The molecule has 0 spiro atoms. The van der Waals surface area contributed by atoms with E-state index >= 15 is 0 Å². The van der Waals surface area contributed by atoms with Crippen molar-refractivity contribution in [1.82, 2.24) is 10.2 Å². The van der Waals surface area contributed by atoms with Crippen LogP contribution in [0.3, 0.4) is 0 Å². The molecular formula is C15H19N3O5. The number of carbonyl (C=O) groups is 1. The van der Waals surface area contributed by atoms with E-state index in [1.54, 1.807) is 25.1 Å². The minimum Gasteiger partial charge on any atom is -0.493 e. The smallest absolute Gasteiger partial charge is 0.322 e. The lowest BCUT2D eigenvalue weighted by Gasteiger charge is -2.29. The molecule has 0 aliphatic carbocycles. The first-order valence-electron chi connectivity index (χ1n) is 7.10. The zero-order valence-corrected chi connectivity index (χ0v) is 13.5. The highest BCUT2D eigenvalue weighted by atomic mass is 16.6. The fourth-order valence-electron chi connectivity index (χ4n) is 2.44. The average Bonchev–Trinajstić information content (AvgIpc) is 2.52. The van der Waals surface area contributed by atoms with Crippen LogP contribution in [0.1, 0.15) is 25.5 Å². The fourth-order valence-corrected chi connectivity index (χ4v) is 2.44. The van der Waals surface area contributed by atoms with Crippen molar-refractivity contribution >= 4 is 6.03 Å². The highest BCUT2D eigenvalue weighted by molar-refractivity contribution is 5.78. The van der Waals surface area contributed by atoms with Crippen molar-refractivity contribution in [3.8, 4) is 11.5 Å². The van der Waals surface area contributed by atoms with E-state index in [1.807, 2.05) is 6.92 Å². The molecule has 1 aromatic carbocycles. The summed E-state index contributed by atoms with van der Waals surface area (Å²) in [4.78, 5) is 24.2. The van der Waals surface area contributed by atoms with Gasteiger partial charge in [-0.1, -0.05) is 6.07 Å². The SMILES string of the molecule is CCOc1ccc(C2NC(=O)N(C)C(C)=C2[N+](=O)[O-])cc1OC. The van der Waals surface area contributed by atoms with E-state index in [0.29, 0.717) is 29.4 Å². The molecule has 0 radical (unpaired) electrons. The van der Waals surface area contributed by atoms with Gasteiger partial charge in [-0.2, -0.15) is 0 Å². The second-order valence-electron chi connectivity index (χ2n) is 5.01. The summed E-state index contributed by atoms with van der Waals surface area (Å²) in [6.45, 7) is 3.87. The number of allylic oxidation sites excluding steroid dienone is 1. The van der Waals surface area contributed by atoms with Crippen molar-refractivity contribution in [2.24, 2.45) is 0 Å². The Morgan fingerprint density at radius 1 is 1.39 bits per heavy atom. The lowest BCUT2D eigenvalue weighted by molar-refractivity contribution is -0.433. The van der Waals surface area contributed by atoms with Crippen molar-refractivity contribution in [1.29, 1.82) is 0 Å². The summed E-state index contributed by atoms with van der Waals surface area (Å²) in [5.41, 5.74) is 0.785. The van der Waals surface area contributed by atoms with Crippen LogP contribution in [-0.4, -0.2) is 36.6 Å². The summed E-state index contributed by atoms with van der Waals surface area (Å²) in [5, 5.41) is 14.1. The highest BCUT2D eigenvalue weighted by Crippen LogP contribution is 2.35. The molecule has 1 aromatic rings. The summed E-state index contributed by atoms with van der Waals surface area (Å²) in [5.74, 6) is 0.999. The zero-order chi connectivity index (χ0) is 17.1. The molecule has 2 rings (SSSR count). The maximum atomic E-state index is 12.0. The molecule has 0 saturated carbocycles. The van der Waals surface area contributed by atoms with E-state index in [9.17, 15) is 14.9 Å². The Labute approximate surface area is 133 Å².